The molecular formula is C23H23N5O3. The van der Waals surface area contributed by atoms with Crippen LogP contribution in [0.1, 0.15) is 5.69 Å². The number of aromatic nitrogens is 3. The van der Waals surface area contributed by atoms with Crippen molar-refractivity contribution in [2.75, 3.05) is 32.4 Å². The zero-order chi connectivity index (χ0) is 22.0. The Balaban J connectivity index is 1.65. The average Bonchev–Trinajstić information content (AvgIpc) is 2.78. The predicted octanol–water partition coefficient (Wildman–Crippen LogP) is 4.35. The van der Waals surface area contributed by atoms with Crippen molar-refractivity contribution < 1.29 is 14.2 Å². The van der Waals surface area contributed by atoms with Crippen molar-refractivity contribution in [2.24, 2.45) is 0 Å². The lowest BCUT2D eigenvalue weighted by molar-refractivity contribution is 0.324. The SMILES string of the molecule is COc1cc(Nc2ncc(-c3ccc4nc(C)ccc4c3)c(N)n2)cc(OC)c1OC. The summed E-state index contributed by atoms with van der Waals surface area (Å²) in [7, 11) is 4.68. The summed E-state index contributed by atoms with van der Waals surface area (Å²) in [4.78, 5) is 13.4. The molecule has 0 aliphatic heterocycles. The van der Waals surface area contributed by atoms with Crippen LogP contribution in [0.25, 0.3) is 22.0 Å². The summed E-state index contributed by atoms with van der Waals surface area (Å²) in [5.41, 5.74) is 10.5. The van der Waals surface area contributed by atoms with Gasteiger partial charge in [-0.2, -0.15) is 4.98 Å². The third kappa shape index (κ3) is 4.00. The lowest BCUT2D eigenvalue weighted by Crippen LogP contribution is -2.03. The zero-order valence-electron chi connectivity index (χ0n) is 17.8. The minimum atomic E-state index is 0.355. The average molecular weight is 417 g/mol. The van der Waals surface area contributed by atoms with Gasteiger partial charge in [-0.15, -0.1) is 0 Å². The number of nitrogens with one attached hydrogen (secondary N) is 1. The molecule has 2 heterocycles. The summed E-state index contributed by atoms with van der Waals surface area (Å²) in [6.45, 7) is 1.97. The van der Waals surface area contributed by atoms with Crippen LogP contribution in [0.15, 0.2) is 48.7 Å². The first-order valence-corrected chi connectivity index (χ1v) is 9.59. The largest absolute Gasteiger partial charge is 0.493 e. The molecule has 0 aliphatic carbocycles. The van der Waals surface area contributed by atoms with Crippen LogP contribution in [0.5, 0.6) is 17.2 Å². The van der Waals surface area contributed by atoms with Crippen LogP contribution in [-0.2, 0) is 0 Å². The molecule has 31 heavy (non-hydrogen) atoms. The molecule has 2 aromatic carbocycles. The number of aryl methyl sites for hydroxylation is 1. The second-order valence-corrected chi connectivity index (χ2v) is 6.89. The molecule has 158 valence electrons. The highest BCUT2D eigenvalue weighted by atomic mass is 16.5. The molecular weight excluding hydrogens is 394 g/mol. The van der Waals surface area contributed by atoms with Gasteiger partial charge in [-0.25, -0.2) is 4.98 Å². The number of hydrogen-bond donors (Lipinski definition) is 2. The fourth-order valence-corrected chi connectivity index (χ4v) is 3.36. The van der Waals surface area contributed by atoms with E-state index in [1.165, 1.54) is 0 Å². The number of anilines is 3. The van der Waals surface area contributed by atoms with E-state index in [2.05, 4.69) is 20.3 Å². The Bertz CT molecular complexity index is 1230. The Labute approximate surface area is 180 Å². The normalized spacial score (nSPS) is 10.7. The van der Waals surface area contributed by atoms with Crippen LogP contribution >= 0.6 is 0 Å². The van der Waals surface area contributed by atoms with Crippen LogP contribution in [0.2, 0.25) is 0 Å². The number of benzene rings is 2. The van der Waals surface area contributed by atoms with Crippen molar-refractivity contribution in [3.05, 3.63) is 54.4 Å². The Kier molecular flexibility index (Phi) is 5.44. The molecule has 8 nitrogen and oxygen atoms in total. The Morgan fingerprint density at radius 2 is 1.61 bits per heavy atom. The number of ether oxygens (including phenoxy) is 3. The number of nitrogens with zero attached hydrogens (tertiary/aromatic N) is 3. The quantitative estimate of drug-likeness (QED) is 0.477. The second kappa shape index (κ2) is 8.35. The van der Waals surface area contributed by atoms with Crippen molar-refractivity contribution in [2.45, 2.75) is 6.92 Å². The fraction of sp³-hybridized carbons (Fsp3) is 0.174. The first-order chi connectivity index (χ1) is 15.0. The molecule has 0 aliphatic rings. The maximum absolute atomic E-state index is 6.26. The van der Waals surface area contributed by atoms with Crippen LogP contribution in [0.3, 0.4) is 0 Å². The molecule has 2 aromatic heterocycles. The van der Waals surface area contributed by atoms with Crippen molar-refractivity contribution in [3.8, 4) is 28.4 Å². The molecule has 0 amide bonds. The highest BCUT2D eigenvalue weighted by Gasteiger charge is 2.14. The van der Waals surface area contributed by atoms with Gasteiger partial charge >= 0.3 is 0 Å². The molecule has 4 aromatic rings. The summed E-state index contributed by atoms with van der Waals surface area (Å²) in [6.07, 6.45) is 1.70. The van der Waals surface area contributed by atoms with Crippen LogP contribution in [-0.4, -0.2) is 36.3 Å². The number of nitrogen functional groups attached to an aromatic ring is 1. The summed E-state index contributed by atoms with van der Waals surface area (Å²) < 4.78 is 16.1. The van der Waals surface area contributed by atoms with E-state index in [1.807, 2.05) is 37.3 Å². The Morgan fingerprint density at radius 1 is 0.871 bits per heavy atom. The van der Waals surface area contributed by atoms with E-state index in [4.69, 9.17) is 19.9 Å². The van der Waals surface area contributed by atoms with Gasteiger partial charge in [-0.05, 0) is 30.7 Å². The first kappa shape index (κ1) is 20.2. The van der Waals surface area contributed by atoms with Gasteiger partial charge in [-0.1, -0.05) is 12.1 Å². The predicted molar refractivity (Wildman–Crippen MR) is 121 cm³/mol. The summed E-state index contributed by atoms with van der Waals surface area (Å²) in [6, 6.07) is 13.5. The van der Waals surface area contributed by atoms with Gasteiger partial charge in [-0.3, -0.25) is 4.98 Å². The highest BCUT2D eigenvalue weighted by molar-refractivity contribution is 5.86. The van der Waals surface area contributed by atoms with E-state index in [1.54, 1.807) is 39.7 Å². The van der Waals surface area contributed by atoms with Crippen molar-refractivity contribution in [1.82, 2.24) is 15.0 Å². The van der Waals surface area contributed by atoms with Crippen molar-refractivity contribution in [1.29, 1.82) is 0 Å². The minimum absolute atomic E-state index is 0.355. The highest BCUT2D eigenvalue weighted by Crippen LogP contribution is 2.40. The smallest absolute Gasteiger partial charge is 0.229 e. The van der Waals surface area contributed by atoms with E-state index < -0.39 is 0 Å². The van der Waals surface area contributed by atoms with Gasteiger partial charge in [0.05, 0.1) is 26.8 Å². The molecule has 0 bridgehead atoms. The third-order valence-corrected chi connectivity index (χ3v) is 4.88. The lowest BCUT2D eigenvalue weighted by atomic mass is 10.0. The van der Waals surface area contributed by atoms with Crippen LogP contribution in [0, 0.1) is 6.92 Å². The van der Waals surface area contributed by atoms with Gasteiger partial charge < -0.3 is 25.3 Å². The van der Waals surface area contributed by atoms with Crippen LogP contribution < -0.4 is 25.3 Å². The number of methoxy groups -OCH3 is 3. The van der Waals surface area contributed by atoms with Crippen LogP contribution in [0.4, 0.5) is 17.5 Å². The molecule has 0 radical (unpaired) electrons. The lowest BCUT2D eigenvalue weighted by Gasteiger charge is -2.15. The molecule has 0 atom stereocenters. The molecule has 0 saturated heterocycles. The standard InChI is InChI=1S/C23H23N5O3/c1-13-5-6-15-9-14(7-8-18(15)26-13)17-12-25-23(28-22(17)24)27-16-10-19(29-2)21(31-4)20(11-16)30-3/h5-12H,1-4H3,(H3,24,25,27,28). The fourth-order valence-electron chi connectivity index (χ4n) is 3.36. The third-order valence-electron chi connectivity index (χ3n) is 4.88. The van der Waals surface area contributed by atoms with E-state index in [-0.39, 0.29) is 0 Å². The molecule has 0 unspecified atom stereocenters. The topological polar surface area (TPSA) is 104 Å². The van der Waals surface area contributed by atoms with Gasteiger partial charge in [0.1, 0.15) is 5.82 Å². The zero-order valence-corrected chi connectivity index (χ0v) is 17.8. The van der Waals surface area contributed by atoms with Gasteiger partial charge in [0.25, 0.3) is 0 Å². The number of hydrogen-bond acceptors (Lipinski definition) is 8. The number of fused-ring (bicyclic) bond motifs is 1. The summed E-state index contributed by atoms with van der Waals surface area (Å²) >= 11 is 0. The van der Waals surface area contributed by atoms with E-state index >= 15 is 0 Å². The number of rotatable bonds is 6. The first-order valence-electron chi connectivity index (χ1n) is 9.59. The van der Waals surface area contributed by atoms with E-state index in [0.29, 0.717) is 34.7 Å². The molecule has 8 heteroatoms. The molecule has 3 N–H and O–H groups in total. The van der Waals surface area contributed by atoms with Gasteiger partial charge in [0.2, 0.25) is 11.7 Å². The van der Waals surface area contributed by atoms with Gasteiger partial charge in [0, 0.05) is 40.7 Å². The summed E-state index contributed by atoms with van der Waals surface area (Å²) in [5.74, 6) is 2.27. The Hall–Kier alpha value is -4.07. The van der Waals surface area contributed by atoms with Crippen molar-refractivity contribution >= 4 is 28.4 Å². The minimum Gasteiger partial charge on any atom is -0.493 e. The van der Waals surface area contributed by atoms with Gasteiger partial charge in [0.15, 0.2) is 11.5 Å². The summed E-state index contributed by atoms with van der Waals surface area (Å²) in [5, 5.41) is 4.16. The van der Waals surface area contributed by atoms with Crippen molar-refractivity contribution in [3.63, 3.8) is 0 Å². The molecule has 0 spiro atoms. The number of nitrogens with two attached hydrogens (primary N) is 1. The molecule has 4 rings (SSSR count). The molecule has 0 fully saturated rings. The maximum Gasteiger partial charge on any atom is 0.229 e. The monoisotopic (exact) mass is 417 g/mol. The second-order valence-electron chi connectivity index (χ2n) is 6.89. The maximum atomic E-state index is 6.26. The van der Waals surface area contributed by atoms with E-state index in [9.17, 15) is 0 Å². The van der Waals surface area contributed by atoms with E-state index in [0.717, 1.165) is 27.7 Å². The number of pyridine rings is 1. The Morgan fingerprint density at radius 3 is 2.26 bits per heavy atom. The molecule has 0 saturated carbocycles.